The molecule has 0 unspecified atom stereocenters. The number of hydrogen-bond donors (Lipinski definition) is 1. The second kappa shape index (κ2) is 6.57. The van der Waals surface area contributed by atoms with Crippen LogP contribution < -0.4 is 10.1 Å². The van der Waals surface area contributed by atoms with E-state index in [-0.39, 0.29) is 23.3 Å². The number of imide groups is 1. The van der Waals surface area contributed by atoms with Crippen LogP contribution in [-0.2, 0) is 4.79 Å². The van der Waals surface area contributed by atoms with E-state index < -0.39 is 6.10 Å². The summed E-state index contributed by atoms with van der Waals surface area (Å²) < 4.78 is 5.55. The quantitative estimate of drug-likeness (QED) is 0.852. The lowest BCUT2D eigenvalue weighted by atomic mass is 10.1. The van der Waals surface area contributed by atoms with E-state index in [0.717, 1.165) is 4.90 Å². The summed E-state index contributed by atoms with van der Waals surface area (Å²) in [5.41, 5.74) is 1.02. The number of amides is 3. The minimum Gasteiger partial charge on any atom is -0.481 e. The zero-order valence-corrected chi connectivity index (χ0v) is 14.3. The van der Waals surface area contributed by atoms with Gasteiger partial charge in [0.25, 0.3) is 17.7 Å². The Hall–Kier alpha value is -2.86. The maximum atomic E-state index is 12.3. The van der Waals surface area contributed by atoms with E-state index in [1.807, 2.05) is 0 Å². The molecule has 3 amide bonds. The van der Waals surface area contributed by atoms with E-state index in [9.17, 15) is 14.4 Å². The van der Waals surface area contributed by atoms with Crippen LogP contribution in [0.25, 0.3) is 0 Å². The predicted molar refractivity (Wildman–Crippen MR) is 93.0 cm³/mol. The number of benzene rings is 2. The van der Waals surface area contributed by atoms with Crippen LogP contribution >= 0.6 is 11.6 Å². The van der Waals surface area contributed by atoms with E-state index in [4.69, 9.17) is 16.3 Å². The number of anilines is 1. The summed E-state index contributed by atoms with van der Waals surface area (Å²) in [5.74, 6) is -0.647. The van der Waals surface area contributed by atoms with Crippen LogP contribution in [0.3, 0.4) is 0 Å². The third-order valence-electron chi connectivity index (χ3n) is 3.84. The molecule has 2 aromatic carbocycles. The molecule has 0 radical (unpaired) electrons. The van der Waals surface area contributed by atoms with Crippen LogP contribution in [0.4, 0.5) is 5.69 Å². The number of carbonyl (C=O) groups is 3. The monoisotopic (exact) mass is 358 g/mol. The summed E-state index contributed by atoms with van der Waals surface area (Å²) in [6.07, 6.45) is -0.772. The smallest absolute Gasteiger partial charge is 0.265 e. The molecule has 1 aliphatic rings. The molecule has 0 spiro atoms. The van der Waals surface area contributed by atoms with Crippen LogP contribution in [0.2, 0.25) is 5.02 Å². The Bertz CT molecular complexity index is 881. The van der Waals surface area contributed by atoms with E-state index in [0.29, 0.717) is 22.0 Å². The largest absolute Gasteiger partial charge is 0.481 e. The summed E-state index contributed by atoms with van der Waals surface area (Å²) in [6.45, 7) is 1.60. The lowest BCUT2D eigenvalue weighted by Gasteiger charge is -2.15. The van der Waals surface area contributed by atoms with Gasteiger partial charge in [0.05, 0.1) is 11.1 Å². The molecule has 0 aliphatic carbocycles. The first-order chi connectivity index (χ1) is 11.9. The molecule has 1 N–H and O–H groups in total. The Morgan fingerprint density at radius 1 is 1.12 bits per heavy atom. The van der Waals surface area contributed by atoms with Gasteiger partial charge < -0.3 is 10.1 Å². The highest BCUT2D eigenvalue weighted by molar-refractivity contribution is 6.30. The third kappa shape index (κ3) is 3.34. The third-order valence-corrected chi connectivity index (χ3v) is 4.07. The van der Waals surface area contributed by atoms with Gasteiger partial charge in [0.1, 0.15) is 5.75 Å². The zero-order chi connectivity index (χ0) is 18.1. The molecule has 0 saturated carbocycles. The molecule has 2 aromatic rings. The SMILES string of the molecule is C[C@@H](Oc1cccc(Cl)c1)C(=O)Nc1ccc2c(c1)C(=O)N(C)C2=O. The van der Waals surface area contributed by atoms with Crippen LogP contribution in [0, 0.1) is 0 Å². The van der Waals surface area contributed by atoms with Gasteiger partial charge in [0.2, 0.25) is 0 Å². The summed E-state index contributed by atoms with van der Waals surface area (Å²) >= 11 is 5.89. The van der Waals surface area contributed by atoms with E-state index >= 15 is 0 Å². The Balaban J connectivity index is 1.71. The van der Waals surface area contributed by atoms with Gasteiger partial charge in [-0.25, -0.2) is 0 Å². The molecular weight excluding hydrogens is 344 g/mol. The molecule has 7 heteroatoms. The topological polar surface area (TPSA) is 75.7 Å². The van der Waals surface area contributed by atoms with E-state index in [1.165, 1.54) is 19.2 Å². The lowest BCUT2D eigenvalue weighted by molar-refractivity contribution is -0.122. The Morgan fingerprint density at radius 2 is 1.84 bits per heavy atom. The summed E-state index contributed by atoms with van der Waals surface area (Å²) in [7, 11) is 1.42. The summed E-state index contributed by atoms with van der Waals surface area (Å²) in [4.78, 5) is 37.2. The first-order valence-corrected chi connectivity index (χ1v) is 7.94. The lowest BCUT2D eigenvalue weighted by Crippen LogP contribution is -2.30. The molecule has 1 heterocycles. The first-order valence-electron chi connectivity index (χ1n) is 7.56. The Morgan fingerprint density at radius 3 is 2.56 bits per heavy atom. The van der Waals surface area contributed by atoms with Crippen molar-refractivity contribution >= 4 is 35.0 Å². The number of fused-ring (bicyclic) bond motifs is 1. The van der Waals surface area contributed by atoms with Crippen molar-refractivity contribution in [3.05, 3.63) is 58.6 Å². The summed E-state index contributed by atoms with van der Waals surface area (Å²) in [5, 5.41) is 3.19. The molecule has 3 rings (SSSR count). The molecule has 25 heavy (non-hydrogen) atoms. The maximum absolute atomic E-state index is 12.3. The van der Waals surface area contributed by atoms with Crippen molar-refractivity contribution in [1.82, 2.24) is 4.90 Å². The van der Waals surface area contributed by atoms with Gasteiger partial charge in [0.15, 0.2) is 6.10 Å². The molecular formula is C18H15ClN2O4. The molecule has 0 bridgehead atoms. The number of ether oxygens (including phenoxy) is 1. The Kier molecular flexibility index (Phi) is 4.46. The standard InChI is InChI=1S/C18H15ClN2O4/c1-10(25-13-5-3-4-11(19)8-13)16(22)20-12-6-7-14-15(9-12)18(24)21(2)17(14)23/h3-10H,1-2H3,(H,20,22)/t10-/m1/s1. The highest BCUT2D eigenvalue weighted by Gasteiger charge is 2.32. The van der Waals surface area contributed by atoms with Gasteiger partial charge in [-0.05, 0) is 43.3 Å². The van der Waals surface area contributed by atoms with Gasteiger partial charge in [-0.3, -0.25) is 19.3 Å². The van der Waals surface area contributed by atoms with Crippen molar-refractivity contribution in [2.45, 2.75) is 13.0 Å². The number of rotatable bonds is 4. The van der Waals surface area contributed by atoms with Gasteiger partial charge in [-0.1, -0.05) is 17.7 Å². The fourth-order valence-electron chi connectivity index (χ4n) is 2.48. The molecule has 0 saturated heterocycles. The minimum absolute atomic E-state index is 0.272. The molecule has 128 valence electrons. The van der Waals surface area contributed by atoms with Crippen molar-refractivity contribution in [3.8, 4) is 5.75 Å². The number of halogens is 1. The van der Waals surface area contributed by atoms with Crippen molar-refractivity contribution in [3.63, 3.8) is 0 Å². The van der Waals surface area contributed by atoms with Crippen molar-refractivity contribution in [1.29, 1.82) is 0 Å². The Labute approximate surface area is 149 Å². The predicted octanol–water partition coefficient (Wildman–Crippen LogP) is 2.97. The molecule has 1 aliphatic heterocycles. The maximum Gasteiger partial charge on any atom is 0.265 e. The highest BCUT2D eigenvalue weighted by Crippen LogP contribution is 2.25. The number of nitrogens with one attached hydrogen (secondary N) is 1. The summed E-state index contributed by atoms with van der Waals surface area (Å²) in [6, 6.07) is 11.3. The second-order valence-corrected chi connectivity index (χ2v) is 6.07. The van der Waals surface area contributed by atoms with Crippen LogP contribution in [-0.4, -0.2) is 35.8 Å². The van der Waals surface area contributed by atoms with Gasteiger partial charge in [-0.2, -0.15) is 0 Å². The normalized spacial score (nSPS) is 14.3. The first kappa shape index (κ1) is 17.0. The van der Waals surface area contributed by atoms with Gasteiger partial charge in [0, 0.05) is 17.8 Å². The molecule has 6 nitrogen and oxygen atoms in total. The number of hydrogen-bond acceptors (Lipinski definition) is 4. The van der Waals surface area contributed by atoms with E-state index in [2.05, 4.69) is 5.32 Å². The van der Waals surface area contributed by atoms with Crippen molar-refractivity contribution in [2.75, 3.05) is 12.4 Å². The second-order valence-electron chi connectivity index (χ2n) is 5.64. The number of nitrogens with zero attached hydrogens (tertiary/aromatic N) is 1. The van der Waals surface area contributed by atoms with Gasteiger partial charge in [-0.15, -0.1) is 0 Å². The fourth-order valence-corrected chi connectivity index (χ4v) is 2.66. The number of carbonyl (C=O) groups excluding carboxylic acids is 3. The van der Waals surface area contributed by atoms with Crippen LogP contribution in [0.5, 0.6) is 5.75 Å². The van der Waals surface area contributed by atoms with Crippen LogP contribution in [0.15, 0.2) is 42.5 Å². The van der Waals surface area contributed by atoms with Crippen LogP contribution in [0.1, 0.15) is 27.6 Å². The average Bonchev–Trinajstić information content (AvgIpc) is 2.79. The van der Waals surface area contributed by atoms with Gasteiger partial charge >= 0.3 is 0 Å². The van der Waals surface area contributed by atoms with Crippen molar-refractivity contribution < 1.29 is 19.1 Å². The highest BCUT2D eigenvalue weighted by atomic mass is 35.5. The molecule has 1 atom stereocenters. The zero-order valence-electron chi connectivity index (χ0n) is 13.6. The molecule has 0 fully saturated rings. The van der Waals surface area contributed by atoms with Crippen molar-refractivity contribution in [2.24, 2.45) is 0 Å². The minimum atomic E-state index is -0.772. The average molecular weight is 359 g/mol. The van der Waals surface area contributed by atoms with E-state index in [1.54, 1.807) is 37.3 Å². The molecule has 0 aromatic heterocycles. The fraction of sp³-hybridized carbons (Fsp3) is 0.167.